The Morgan fingerprint density at radius 1 is 1.10 bits per heavy atom. The Bertz CT molecular complexity index is 525. The zero-order valence-electron chi connectivity index (χ0n) is 12.4. The van der Waals surface area contributed by atoms with E-state index in [0.717, 1.165) is 37.8 Å². The Morgan fingerprint density at radius 2 is 1.67 bits per heavy atom. The minimum Gasteiger partial charge on any atom is -0.336 e. The van der Waals surface area contributed by atoms with Crippen LogP contribution in [0.15, 0.2) is 29.8 Å². The molecule has 1 aliphatic heterocycles. The molecule has 0 radical (unpaired) electrons. The number of carbonyl (C=O) groups excluding carboxylic acids is 1. The van der Waals surface area contributed by atoms with Gasteiger partial charge in [-0.2, -0.15) is 0 Å². The van der Waals surface area contributed by atoms with Crippen molar-refractivity contribution in [3.8, 4) is 0 Å². The highest BCUT2D eigenvalue weighted by atomic mass is 19.1. The van der Waals surface area contributed by atoms with Crippen LogP contribution in [-0.4, -0.2) is 48.4 Å². The third-order valence-electron chi connectivity index (χ3n) is 3.53. The molecule has 1 heterocycles. The Kier molecular flexibility index (Phi) is 5.07. The molecule has 0 bridgehead atoms. The summed E-state index contributed by atoms with van der Waals surface area (Å²) in [5.41, 5.74) is 1.34. The van der Waals surface area contributed by atoms with Crippen molar-refractivity contribution < 1.29 is 13.6 Å². The van der Waals surface area contributed by atoms with Gasteiger partial charge >= 0.3 is 0 Å². The second-order valence-corrected chi connectivity index (χ2v) is 5.53. The molecule has 0 saturated carbocycles. The number of nitrogens with zero attached hydrogens (tertiary/aromatic N) is 2. The molecule has 114 valence electrons. The molecule has 2 rings (SSSR count). The van der Waals surface area contributed by atoms with Gasteiger partial charge in [0.2, 0.25) is 0 Å². The van der Waals surface area contributed by atoms with Gasteiger partial charge in [-0.15, -0.1) is 0 Å². The standard InChI is InChI=1S/C16H20F2N2O/c1-12(2)3-4-19-5-7-20(8-6-19)16(21)13-9-14(17)11-15(18)10-13/h3,9-11H,4-8H2,1-2H3. The molecule has 0 spiro atoms. The summed E-state index contributed by atoms with van der Waals surface area (Å²) in [6.07, 6.45) is 2.15. The summed E-state index contributed by atoms with van der Waals surface area (Å²) in [5.74, 6) is -1.75. The van der Waals surface area contributed by atoms with Gasteiger partial charge < -0.3 is 4.90 Å². The molecule has 1 aliphatic rings. The molecular weight excluding hydrogens is 274 g/mol. The molecule has 1 fully saturated rings. The van der Waals surface area contributed by atoms with Crippen LogP contribution >= 0.6 is 0 Å². The van der Waals surface area contributed by atoms with Crippen LogP contribution in [0.1, 0.15) is 24.2 Å². The third kappa shape index (κ3) is 4.36. The highest BCUT2D eigenvalue weighted by Gasteiger charge is 2.22. The third-order valence-corrected chi connectivity index (χ3v) is 3.53. The Hall–Kier alpha value is -1.75. The second kappa shape index (κ2) is 6.80. The van der Waals surface area contributed by atoms with Crippen molar-refractivity contribution in [2.45, 2.75) is 13.8 Å². The normalized spacial score (nSPS) is 15.9. The molecule has 0 atom stereocenters. The molecule has 0 N–H and O–H groups in total. The summed E-state index contributed by atoms with van der Waals surface area (Å²) >= 11 is 0. The molecule has 1 amide bonds. The lowest BCUT2D eigenvalue weighted by Crippen LogP contribution is -2.48. The van der Waals surface area contributed by atoms with Gasteiger partial charge in [-0.25, -0.2) is 8.78 Å². The van der Waals surface area contributed by atoms with Crippen LogP contribution in [0.25, 0.3) is 0 Å². The lowest BCUT2D eigenvalue weighted by Gasteiger charge is -2.34. The maximum absolute atomic E-state index is 13.2. The van der Waals surface area contributed by atoms with Crippen LogP contribution in [0, 0.1) is 11.6 Å². The van der Waals surface area contributed by atoms with E-state index in [1.165, 1.54) is 5.57 Å². The van der Waals surface area contributed by atoms with Crippen molar-refractivity contribution in [3.05, 3.63) is 47.0 Å². The topological polar surface area (TPSA) is 23.6 Å². The van der Waals surface area contributed by atoms with Gasteiger partial charge in [-0.3, -0.25) is 9.69 Å². The molecule has 0 aromatic heterocycles. The van der Waals surface area contributed by atoms with E-state index in [-0.39, 0.29) is 11.5 Å². The number of piperazine rings is 1. The summed E-state index contributed by atoms with van der Waals surface area (Å²) in [4.78, 5) is 16.1. The van der Waals surface area contributed by atoms with E-state index in [4.69, 9.17) is 0 Å². The first kappa shape index (κ1) is 15.6. The van der Waals surface area contributed by atoms with Gasteiger partial charge in [-0.1, -0.05) is 11.6 Å². The summed E-state index contributed by atoms with van der Waals surface area (Å²) in [5, 5.41) is 0. The number of rotatable bonds is 3. The summed E-state index contributed by atoms with van der Waals surface area (Å²) < 4.78 is 26.3. The van der Waals surface area contributed by atoms with E-state index in [0.29, 0.717) is 13.1 Å². The smallest absolute Gasteiger partial charge is 0.254 e. The SMILES string of the molecule is CC(C)=CCN1CCN(C(=O)c2cc(F)cc(F)c2)CC1. The lowest BCUT2D eigenvalue weighted by atomic mass is 10.1. The van der Waals surface area contributed by atoms with Crippen LogP contribution in [0.4, 0.5) is 8.78 Å². The van der Waals surface area contributed by atoms with Crippen LogP contribution in [0.2, 0.25) is 0 Å². The van der Waals surface area contributed by atoms with Crippen LogP contribution < -0.4 is 0 Å². The molecule has 3 nitrogen and oxygen atoms in total. The first-order valence-corrected chi connectivity index (χ1v) is 7.07. The van der Waals surface area contributed by atoms with E-state index in [1.807, 2.05) is 0 Å². The molecule has 1 aromatic rings. The highest BCUT2D eigenvalue weighted by molar-refractivity contribution is 5.94. The van der Waals surface area contributed by atoms with Crippen LogP contribution in [-0.2, 0) is 0 Å². The average Bonchev–Trinajstić information content (AvgIpc) is 2.44. The minimum absolute atomic E-state index is 0.0743. The average molecular weight is 294 g/mol. The largest absolute Gasteiger partial charge is 0.336 e. The van der Waals surface area contributed by atoms with E-state index < -0.39 is 11.6 Å². The Morgan fingerprint density at radius 3 is 2.19 bits per heavy atom. The van der Waals surface area contributed by atoms with Gasteiger partial charge in [-0.05, 0) is 26.0 Å². The molecule has 0 aliphatic carbocycles. The van der Waals surface area contributed by atoms with Gasteiger partial charge in [0.05, 0.1) is 0 Å². The Balaban J connectivity index is 1.95. The van der Waals surface area contributed by atoms with Gasteiger partial charge in [0.15, 0.2) is 0 Å². The number of halogens is 2. The van der Waals surface area contributed by atoms with Crippen molar-refractivity contribution >= 4 is 5.91 Å². The molecule has 21 heavy (non-hydrogen) atoms. The summed E-state index contributed by atoms with van der Waals surface area (Å²) in [6, 6.07) is 2.94. The van der Waals surface area contributed by atoms with Gasteiger partial charge in [0, 0.05) is 44.4 Å². The van der Waals surface area contributed by atoms with Crippen molar-refractivity contribution in [2.24, 2.45) is 0 Å². The molecule has 5 heteroatoms. The first-order valence-electron chi connectivity index (χ1n) is 7.07. The summed E-state index contributed by atoms with van der Waals surface area (Å²) in [6.45, 7) is 7.68. The number of hydrogen-bond donors (Lipinski definition) is 0. The predicted octanol–water partition coefficient (Wildman–Crippen LogP) is 2.69. The second-order valence-electron chi connectivity index (χ2n) is 5.53. The van der Waals surface area contributed by atoms with E-state index >= 15 is 0 Å². The van der Waals surface area contributed by atoms with Crippen molar-refractivity contribution in [2.75, 3.05) is 32.7 Å². The zero-order chi connectivity index (χ0) is 15.4. The molecule has 1 aromatic carbocycles. The van der Waals surface area contributed by atoms with Crippen LogP contribution in [0.3, 0.4) is 0 Å². The molecule has 0 unspecified atom stereocenters. The van der Waals surface area contributed by atoms with E-state index in [9.17, 15) is 13.6 Å². The molecule has 1 saturated heterocycles. The molecular formula is C16H20F2N2O. The van der Waals surface area contributed by atoms with Gasteiger partial charge in [0.1, 0.15) is 11.6 Å². The first-order chi connectivity index (χ1) is 9.95. The number of allylic oxidation sites excluding steroid dienone is 1. The Labute approximate surface area is 123 Å². The van der Waals surface area contributed by atoms with Crippen LogP contribution in [0.5, 0.6) is 0 Å². The number of hydrogen-bond acceptors (Lipinski definition) is 2. The van der Waals surface area contributed by atoms with Crippen molar-refractivity contribution in [1.29, 1.82) is 0 Å². The summed E-state index contributed by atoms with van der Waals surface area (Å²) in [7, 11) is 0. The van der Waals surface area contributed by atoms with Crippen molar-refractivity contribution in [3.63, 3.8) is 0 Å². The fourth-order valence-electron chi connectivity index (χ4n) is 2.31. The number of benzene rings is 1. The predicted molar refractivity (Wildman–Crippen MR) is 78.1 cm³/mol. The van der Waals surface area contributed by atoms with Crippen molar-refractivity contribution in [1.82, 2.24) is 9.80 Å². The quantitative estimate of drug-likeness (QED) is 0.800. The number of amides is 1. The highest BCUT2D eigenvalue weighted by Crippen LogP contribution is 2.12. The van der Waals surface area contributed by atoms with E-state index in [2.05, 4.69) is 24.8 Å². The maximum atomic E-state index is 13.2. The monoisotopic (exact) mass is 294 g/mol. The fourth-order valence-corrected chi connectivity index (χ4v) is 2.31. The fraction of sp³-hybridized carbons (Fsp3) is 0.438. The van der Waals surface area contributed by atoms with E-state index in [1.54, 1.807) is 4.90 Å². The number of carbonyl (C=O) groups is 1. The lowest BCUT2D eigenvalue weighted by molar-refractivity contribution is 0.0649. The maximum Gasteiger partial charge on any atom is 0.254 e. The van der Waals surface area contributed by atoms with Gasteiger partial charge in [0.25, 0.3) is 5.91 Å². The zero-order valence-corrected chi connectivity index (χ0v) is 12.4. The minimum atomic E-state index is -0.722.